The Morgan fingerprint density at radius 2 is 2.06 bits per heavy atom. The topological polar surface area (TPSA) is 42.2 Å². The molecule has 0 amide bonds. The van der Waals surface area contributed by atoms with Crippen molar-refractivity contribution in [3.8, 4) is 0 Å². The highest BCUT2D eigenvalue weighted by Gasteiger charge is 2.13. The summed E-state index contributed by atoms with van der Waals surface area (Å²) in [6.07, 6.45) is 0.799. The van der Waals surface area contributed by atoms with E-state index in [1.807, 2.05) is 12.1 Å². The van der Waals surface area contributed by atoms with Gasteiger partial charge in [0, 0.05) is 29.6 Å². The van der Waals surface area contributed by atoms with E-state index in [4.69, 9.17) is 5.11 Å². The minimum atomic E-state index is -0.738. The first-order chi connectivity index (χ1) is 8.15. The van der Waals surface area contributed by atoms with Gasteiger partial charge in [0.05, 0.1) is 0 Å². The van der Waals surface area contributed by atoms with Gasteiger partial charge in [0.15, 0.2) is 0 Å². The van der Waals surface area contributed by atoms with E-state index in [9.17, 15) is 4.79 Å². The Morgan fingerprint density at radius 1 is 1.35 bits per heavy atom. The zero-order valence-electron chi connectivity index (χ0n) is 10.2. The molecule has 1 aromatic heterocycles. The van der Waals surface area contributed by atoms with Crippen molar-refractivity contribution in [3.63, 3.8) is 0 Å². The molecule has 1 N–H and O–H groups in total. The fraction of sp³-hybridized carbons (Fsp3) is 0.357. The molecule has 0 fully saturated rings. The van der Waals surface area contributed by atoms with Crippen LogP contribution in [-0.4, -0.2) is 15.6 Å². The summed E-state index contributed by atoms with van der Waals surface area (Å²) in [7, 11) is 0. The zero-order valence-corrected chi connectivity index (χ0v) is 10.2. The van der Waals surface area contributed by atoms with E-state index in [-0.39, 0.29) is 6.42 Å². The van der Waals surface area contributed by atoms with Crippen molar-refractivity contribution in [3.05, 3.63) is 35.5 Å². The SMILES string of the molecule is CCn1c(C)c(CCC(=O)O)c2ccccc21. The zero-order chi connectivity index (χ0) is 12.4. The number of hydrogen-bond donors (Lipinski definition) is 1. The van der Waals surface area contributed by atoms with Gasteiger partial charge in [-0.3, -0.25) is 4.79 Å². The molecule has 0 bridgehead atoms. The van der Waals surface area contributed by atoms with Crippen molar-refractivity contribution in [2.45, 2.75) is 33.2 Å². The van der Waals surface area contributed by atoms with Gasteiger partial charge in [-0.15, -0.1) is 0 Å². The van der Waals surface area contributed by atoms with Crippen molar-refractivity contribution < 1.29 is 9.90 Å². The van der Waals surface area contributed by atoms with Gasteiger partial charge in [-0.25, -0.2) is 0 Å². The van der Waals surface area contributed by atoms with Gasteiger partial charge >= 0.3 is 5.97 Å². The van der Waals surface area contributed by atoms with Crippen LogP contribution in [0.3, 0.4) is 0 Å². The summed E-state index contributed by atoms with van der Waals surface area (Å²) in [5, 5.41) is 9.98. The molecule has 0 radical (unpaired) electrons. The third-order valence-electron chi connectivity index (χ3n) is 3.27. The molecule has 3 nitrogen and oxygen atoms in total. The summed E-state index contributed by atoms with van der Waals surface area (Å²) in [5.41, 5.74) is 3.56. The fourth-order valence-electron chi connectivity index (χ4n) is 2.46. The van der Waals surface area contributed by atoms with Crippen LogP contribution < -0.4 is 0 Å². The third-order valence-corrected chi connectivity index (χ3v) is 3.27. The number of aromatic nitrogens is 1. The van der Waals surface area contributed by atoms with Gasteiger partial charge in [0.25, 0.3) is 0 Å². The number of nitrogens with zero attached hydrogens (tertiary/aromatic N) is 1. The van der Waals surface area contributed by atoms with Crippen LogP contribution in [0.4, 0.5) is 0 Å². The molecule has 0 aliphatic carbocycles. The number of para-hydroxylation sites is 1. The van der Waals surface area contributed by atoms with Crippen molar-refractivity contribution in [1.82, 2.24) is 4.57 Å². The number of fused-ring (bicyclic) bond motifs is 1. The molecule has 3 heteroatoms. The summed E-state index contributed by atoms with van der Waals surface area (Å²) < 4.78 is 2.24. The summed E-state index contributed by atoms with van der Waals surface area (Å²) in [6.45, 7) is 5.10. The monoisotopic (exact) mass is 231 g/mol. The van der Waals surface area contributed by atoms with Gasteiger partial charge < -0.3 is 9.67 Å². The standard InChI is InChI=1S/C14H17NO2/c1-3-15-10(2)11(8-9-14(16)17)12-6-4-5-7-13(12)15/h4-7H,3,8-9H2,1-2H3,(H,16,17). The lowest BCUT2D eigenvalue weighted by Gasteiger charge is -2.04. The van der Waals surface area contributed by atoms with Crippen LogP contribution in [0, 0.1) is 6.92 Å². The second-order valence-corrected chi connectivity index (χ2v) is 4.22. The molecule has 90 valence electrons. The van der Waals surface area contributed by atoms with Crippen LogP contribution in [0.1, 0.15) is 24.6 Å². The Hall–Kier alpha value is -1.77. The van der Waals surface area contributed by atoms with Crippen LogP contribution >= 0.6 is 0 Å². The largest absolute Gasteiger partial charge is 0.481 e. The van der Waals surface area contributed by atoms with Crippen LogP contribution in [0.5, 0.6) is 0 Å². The number of aliphatic carboxylic acids is 1. The van der Waals surface area contributed by atoms with Gasteiger partial charge in [-0.1, -0.05) is 18.2 Å². The molecule has 0 aliphatic heterocycles. The van der Waals surface area contributed by atoms with Crippen molar-refractivity contribution in [1.29, 1.82) is 0 Å². The van der Waals surface area contributed by atoms with Gasteiger partial charge in [0.2, 0.25) is 0 Å². The fourth-order valence-corrected chi connectivity index (χ4v) is 2.46. The average molecular weight is 231 g/mol. The molecule has 1 aromatic carbocycles. The maximum Gasteiger partial charge on any atom is 0.303 e. The quantitative estimate of drug-likeness (QED) is 0.879. The van der Waals surface area contributed by atoms with Gasteiger partial charge in [0.1, 0.15) is 0 Å². The van der Waals surface area contributed by atoms with Crippen molar-refractivity contribution >= 4 is 16.9 Å². The van der Waals surface area contributed by atoms with E-state index < -0.39 is 5.97 Å². The molecule has 0 aliphatic rings. The Bertz CT molecular complexity index is 555. The number of carboxylic acid groups (broad SMARTS) is 1. The van der Waals surface area contributed by atoms with E-state index in [2.05, 4.69) is 30.5 Å². The molecule has 0 saturated carbocycles. The molecular formula is C14H17NO2. The Labute approximate surface area is 101 Å². The number of aryl methyl sites for hydroxylation is 2. The maximum absolute atomic E-state index is 10.7. The van der Waals surface area contributed by atoms with E-state index >= 15 is 0 Å². The first-order valence-electron chi connectivity index (χ1n) is 5.93. The molecular weight excluding hydrogens is 214 g/mol. The smallest absolute Gasteiger partial charge is 0.303 e. The van der Waals surface area contributed by atoms with Crippen LogP contribution in [0.2, 0.25) is 0 Å². The molecule has 17 heavy (non-hydrogen) atoms. The normalized spacial score (nSPS) is 10.9. The highest BCUT2D eigenvalue weighted by atomic mass is 16.4. The summed E-state index contributed by atoms with van der Waals surface area (Å²) >= 11 is 0. The second-order valence-electron chi connectivity index (χ2n) is 4.22. The van der Waals surface area contributed by atoms with Crippen molar-refractivity contribution in [2.24, 2.45) is 0 Å². The molecule has 0 unspecified atom stereocenters. The number of rotatable bonds is 4. The minimum Gasteiger partial charge on any atom is -0.481 e. The minimum absolute atomic E-state index is 0.193. The number of carboxylic acids is 1. The average Bonchev–Trinajstić information content (AvgIpc) is 2.58. The molecule has 1 heterocycles. The summed E-state index contributed by atoms with van der Waals surface area (Å²) in [4.78, 5) is 10.7. The lowest BCUT2D eigenvalue weighted by Crippen LogP contribution is -2.00. The number of benzene rings is 1. The molecule has 0 spiro atoms. The van der Waals surface area contributed by atoms with E-state index in [0.717, 1.165) is 6.54 Å². The Balaban J connectivity index is 2.53. The van der Waals surface area contributed by atoms with Crippen LogP contribution in [-0.2, 0) is 17.8 Å². The Morgan fingerprint density at radius 3 is 2.71 bits per heavy atom. The molecule has 2 rings (SSSR count). The molecule has 0 atom stereocenters. The third kappa shape index (κ3) is 2.05. The highest BCUT2D eigenvalue weighted by Crippen LogP contribution is 2.26. The van der Waals surface area contributed by atoms with E-state index in [1.165, 1.54) is 22.2 Å². The van der Waals surface area contributed by atoms with E-state index in [1.54, 1.807) is 0 Å². The Kier molecular flexibility index (Phi) is 3.18. The molecule has 2 aromatic rings. The van der Waals surface area contributed by atoms with Gasteiger partial charge in [-0.2, -0.15) is 0 Å². The lowest BCUT2D eigenvalue weighted by molar-refractivity contribution is -0.136. The van der Waals surface area contributed by atoms with Gasteiger partial charge in [-0.05, 0) is 31.9 Å². The number of carbonyl (C=O) groups is 1. The maximum atomic E-state index is 10.7. The lowest BCUT2D eigenvalue weighted by atomic mass is 10.1. The summed E-state index contributed by atoms with van der Waals surface area (Å²) in [5.74, 6) is -0.738. The predicted molar refractivity (Wildman–Crippen MR) is 68.3 cm³/mol. The highest BCUT2D eigenvalue weighted by molar-refractivity contribution is 5.86. The van der Waals surface area contributed by atoms with Crippen molar-refractivity contribution in [2.75, 3.05) is 0 Å². The first-order valence-corrected chi connectivity index (χ1v) is 5.93. The second kappa shape index (κ2) is 4.62. The van der Waals surface area contributed by atoms with Crippen LogP contribution in [0.25, 0.3) is 10.9 Å². The molecule has 0 saturated heterocycles. The predicted octanol–water partition coefficient (Wildman–Crippen LogP) is 2.99. The number of hydrogen-bond acceptors (Lipinski definition) is 1. The van der Waals surface area contributed by atoms with E-state index in [0.29, 0.717) is 6.42 Å². The van der Waals surface area contributed by atoms with Crippen LogP contribution in [0.15, 0.2) is 24.3 Å². The first kappa shape index (κ1) is 11.7. The summed E-state index contributed by atoms with van der Waals surface area (Å²) in [6, 6.07) is 8.20.